The largest absolute Gasteiger partial charge is 0.508 e. The molecule has 2 saturated heterocycles. The van der Waals surface area contributed by atoms with Crippen molar-refractivity contribution >= 4 is 11.0 Å². The van der Waals surface area contributed by atoms with E-state index in [1.807, 2.05) is 0 Å². The highest BCUT2D eigenvalue weighted by Gasteiger charge is 2.48. The van der Waals surface area contributed by atoms with Gasteiger partial charge in [-0.25, -0.2) is 0 Å². The van der Waals surface area contributed by atoms with Crippen LogP contribution in [0.15, 0.2) is 39.5 Å². The summed E-state index contributed by atoms with van der Waals surface area (Å²) in [6, 6.07) is 5.31. The van der Waals surface area contributed by atoms with Gasteiger partial charge >= 0.3 is 0 Å². The summed E-state index contributed by atoms with van der Waals surface area (Å²) in [6.45, 7) is -1.25. The highest BCUT2D eigenvalue weighted by molar-refractivity contribution is 5.88. The Morgan fingerprint density at radius 3 is 2.21 bits per heavy atom. The van der Waals surface area contributed by atoms with Crippen LogP contribution in [0, 0.1) is 0 Å². The third-order valence-corrected chi connectivity index (χ3v) is 6.98. The minimum absolute atomic E-state index is 0.00296. The van der Waals surface area contributed by atoms with E-state index < -0.39 is 108 Å². The molecule has 2 fully saturated rings. The van der Waals surface area contributed by atoms with Crippen molar-refractivity contribution in [2.24, 2.45) is 0 Å². The number of rotatable bonds is 6. The second-order valence-electron chi connectivity index (χ2n) is 9.80. The van der Waals surface area contributed by atoms with Crippen molar-refractivity contribution in [1.82, 2.24) is 0 Å². The van der Waals surface area contributed by atoms with E-state index in [1.54, 1.807) is 0 Å². The Hall–Kier alpha value is -3.71. The van der Waals surface area contributed by atoms with Crippen molar-refractivity contribution in [3.63, 3.8) is 0 Å². The van der Waals surface area contributed by atoms with Crippen molar-refractivity contribution in [3.05, 3.63) is 40.6 Å². The lowest BCUT2D eigenvalue weighted by Crippen LogP contribution is -2.62. The predicted molar refractivity (Wildman–Crippen MR) is 136 cm³/mol. The molecule has 42 heavy (non-hydrogen) atoms. The Morgan fingerprint density at radius 2 is 1.52 bits per heavy atom. The Morgan fingerprint density at radius 1 is 0.810 bits per heavy atom. The van der Waals surface area contributed by atoms with Crippen molar-refractivity contribution in [2.45, 2.75) is 55.3 Å². The number of aliphatic hydroxyl groups is 6. The zero-order valence-electron chi connectivity index (χ0n) is 21.4. The molecule has 0 aliphatic carbocycles. The van der Waals surface area contributed by atoms with Crippen LogP contribution in [-0.4, -0.2) is 120 Å². The number of aliphatic hydroxyl groups excluding tert-OH is 6. The van der Waals surface area contributed by atoms with E-state index in [-0.39, 0.29) is 16.9 Å². The number of fused-ring (bicyclic) bond motifs is 1. The van der Waals surface area contributed by atoms with Gasteiger partial charge in [0.15, 0.2) is 23.5 Å². The van der Waals surface area contributed by atoms with Crippen LogP contribution >= 0.6 is 0 Å². The van der Waals surface area contributed by atoms with Crippen molar-refractivity contribution in [3.8, 4) is 40.1 Å². The van der Waals surface area contributed by atoms with Gasteiger partial charge in [0.05, 0.1) is 13.2 Å². The van der Waals surface area contributed by atoms with Gasteiger partial charge in [0.1, 0.15) is 65.2 Å². The Kier molecular flexibility index (Phi) is 8.17. The maximum Gasteiger partial charge on any atom is 0.239 e. The van der Waals surface area contributed by atoms with Gasteiger partial charge in [0.2, 0.25) is 17.5 Å². The van der Waals surface area contributed by atoms with Crippen molar-refractivity contribution in [1.29, 1.82) is 0 Å². The van der Waals surface area contributed by atoms with Crippen LogP contribution in [0.3, 0.4) is 0 Å². The number of aromatic hydroxyl groups is 4. The van der Waals surface area contributed by atoms with Gasteiger partial charge in [-0.15, -0.1) is 0 Å². The van der Waals surface area contributed by atoms with Crippen LogP contribution in [0.1, 0.15) is 0 Å². The average molecular weight is 596 g/mol. The molecule has 0 spiro atoms. The maximum absolute atomic E-state index is 13.5. The maximum atomic E-state index is 13.5. The van der Waals surface area contributed by atoms with Gasteiger partial charge in [-0.2, -0.15) is 0 Å². The lowest BCUT2D eigenvalue weighted by atomic mass is 9.99. The van der Waals surface area contributed by atoms with Crippen molar-refractivity contribution in [2.75, 3.05) is 13.2 Å². The van der Waals surface area contributed by atoms with Crippen molar-refractivity contribution < 1.29 is 74.4 Å². The molecule has 0 bridgehead atoms. The SMILES string of the molecule is O=c1c(O[C@H]2OC[C@@H](O[C@H]3O[C@@H](CO)[C@H](O)[C@@H](O)[C@@H]3O)[C@H](O)[C@H]2O)c(-c2ccc(O)c(O)c2)oc2cc(O)cc(O)c12. The molecule has 0 radical (unpaired) electrons. The summed E-state index contributed by atoms with van der Waals surface area (Å²) in [7, 11) is 0. The molecule has 0 saturated carbocycles. The molecule has 3 heterocycles. The van der Waals surface area contributed by atoms with E-state index in [0.717, 1.165) is 24.3 Å². The average Bonchev–Trinajstić information content (AvgIpc) is 2.95. The summed E-state index contributed by atoms with van der Waals surface area (Å²) in [5, 5.41) is 100. The topological polar surface area (TPSA) is 269 Å². The molecule has 2 aliphatic heterocycles. The summed E-state index contributed by atoms with van der Waals surface area (Å²) in [5.74, 6) is -3.18. The molecule has 2 aliphatic rings. The van der Waals surface area contributed by atoms with Crippen LogP contribution in [0.2, 0.25) is 0 Å². The van der Waals surface area contributed by atoms with E-state index >= 15 is 0 Å². The molecule has 16 nitrogen and oxygen atoms in total. The fourth-order valence-electron chi connectivity index (χ4n) is 4.69. The smallest absolute Gasteiger partial charge is 0.239 e. The second-order valence-corrected chi connectivity index (χ2v) is 9.80. The third kappa shape index (κ3) is 5.31. The number of benzene rings is 2. The summed E-state index contributed by atoms with van der Waals surface area (Å²) < 4.78 is 27.6. The predicted octanol–water partition coefficient (Wildman–Crippen LogP) is -2.08. The number of hydrogen-bond donors (Lipinski definition) is 10. The fraction of sp³-hybridized carbons (Fsp3) is 0.423. The molecular weight excluding hydrogens is 568 g/mol. The van der Waals surface area contributed by atoms with Crippen LogP contribution in [0.4, 0.5) is 0 Å². The van der Waals surface area contributed by atoms with Crippen LogP contribution in [0.25, 0.3) is 22.3 Å². The van der Waals surface area contributed by atoms with Gasteiger partial charge in [-0.3, -0.25) is 4.79 Å². The highest BCUT2D eigenvalue weighted by atomic mass is 16.7. The van der Waals surface area contributed by atoms with Crippen LogP contribution in [-0.2, 0) is 14.2 Å². The molecular formula is C26H28O16. The first kappa shape index (κ1) is 29.8. The number of phenols is 4. The minimum atomic E-state index is -1.92. The van der Waals surface area contributed by atoms with Gasteiger partial charge < -0.3 is 74.4 Å². The number of ether oxygens (including phenoxy) is 4. The second kappa shape index (κ2) is 11.5. The lowest BCUT2D eigenvalue weighted by Gasteiger charge is -2.43. The normalized spacial score (nSPS) is 31.7. The number of phenolic OH excluding ortho intramolecular Hbond substituents is 4. The standard InChI is InChI=1S/C26H28O16/c27-6-14-17(32)20(35)22(37)26(40-14)41-15-7-38-25(21(36)18(15)33)42-24-19(34)16-12(31)4-9(28)5-13(16)39-23(24)8-1-2-10(29)11(30)3-8/h1-5,14-15,17-18,20-22,25-33,35-37H,6-7H2/t14-,15+,17-,18-,20+,21+,22-,25+,26+/m0/s1. The zero-order chi connectivity index (χ0) is 30.5. The zero-order valence-corrected chi connectivity index (χ0v) is 21.4. The summed E-state index contributed by atoms with van der Waals surface area (Å²) >= 11 is 0. The molecule has 10 N–H and O–H groups in total. The molecule has 9 atom stereocenters. The molecule has 3 aromatic rings. The molecule has 5 rings (SSSR count). The first-order valence-electron chi connectivity index (χ1n) is 12.6. The summed E-state index contributed by atoms with van der Waals surface area (Å²) in [6.07, 6.45) is -15.0. The van der Waals surface area contributed by atoms with Crippen LogP contribution in [0.5, 0.6) is 28.7 Å². The summed E-state index contributed by atoms with van der Waals surface area (Å²) in [4.78, 5) is 13.5. The van der Waals surface area contributed by atoms with E-state index in [1.165, 1.54) is 6.07 Å². The van der Waals surface area contributed by atoms with Crippen LogP contribution < -0.4 is 10.2 Å². The summed E-state index contributed by atoms with van der Waals surface area (Å²) in [5.41, 5.74) is -1.26. The van der Waals surface area contributed by atoms with E-state index in [2.05, 4.69) is 0 Å². The van der Waals surface area contributed by atoms with Gasteiger partial charge in [-0.1, -0.05) is 0 Å². The molecule has 0 unspecified atom stereocenters. The Balaban J connectivity index is 1.44. The minimum Gasteiger partial charge on any atom is -0.508 e. The van der Waals surface area contributed by atoms with E-state index in [9.17, 15) is 55.9 Å². The molecule has 16 heteroatoms. The highest BCUT2D eigenvalue weighted by Crippen LogP contribution is 2.39. The van der Waals surface area contributed by atoms with E-state index in [4.69, 9.17) is 23.4 Å². The number of hydrogen-bond acceptors (Lipinski definition) is 16. The lowest BCUT2D eigenvalue weighted by molar-refractivity contribution is -0.338. The Bertz CT molecular complexity index is 1500. The monoisotopic (exact) mass is 596 g/mol. The van der Waals surface area contributed by atoms with E-state index in [0.29, 0.717) is 0 Å². The first-order valence-corrected chi connectivity index (χ1v) is 12.6. The van der Waals surface area contributed by atoms with Gasteiger partial charge in [0, 0.05) is 17.7 Å². The van der Waals surface area contributed by atoms with Gasteiger partial charge in [0.25, 0.3) is 0 Å². The van der Waals surface area contributed by atoms with Gasteiger partial charge in [-0.05, 0) is 18.2 Å². The molecule has 228 valence electrons. The molecule has 0 amide bonds. The first-order chi connectivity index (χ1) is 19.9. The Labute approximate surface area is 235 Å². The molecule has 1 aromatic heterocycles. The molecule has 2 aromatic carbocycles. The third-order valence-electron chi connectivity index (χ3n) is 6.98. The fourth-order valence-corrected chi connectivity index (χ4v) is 4.69. The quantitative estimate of drug-likeness (QED) is 0.137.